The number of benzene rings is 1. The number of hydrogen-bond acceptors (Lipinski definition) is 1. The first-order valence-corrected chi connectivity index (χ1v) is 6.75. The van der Waals surface area contributed by atoms with E-state index in [4.69, 9.17) is 0 Å². The molecule has 1 aliphatic heterocycles. The molecule has 0 bridgehead atoms. The zero-order valence-electron chi connectivity index (χ0n) is 10.8. The van der Waals surface area contributed by atoms with Crippen LogP contribution in [0.25, 0.3) is 10.9 Å². The lowest BCUT2D eigenvalue weighted by Crippen LogP contribution is -2.70. The van der Waals surface area contributed by atoms with Crippen LogP contribution < -0.4 is 0 Å². The van der Waals surface area contributed by atoms with Crippen molar-refractivity contribution in [2.24, 2.45) is 5.41 Å². The Hall–Kier alpha value is -1.91. The van der Waals surface area contributed by atoms with Crippen molar-refractivity contribution in [3.8, 4) is 0 Å². The second-order valence-electron chi connectivity index (χ2n) is 5.93. The Morgan fingerprint density at radius 1 is 1.20 bits per heavy atom. The van der Waals surface area contributed by atoms with Gasteiger partial charge in [-0.25, -0.2) is 8.78 Å². The number of fused-ring (bicyclic) bond motifs is 1. The Balaban J connectivity index is 1.54. The highest BCUT2D eigenvalue weighted by Crippen LogP contribution is 2.58. The summed E-state index contributed by atoms with van der Waals surface area (Å²) < 4.78 is 27.0. The summed E-state index contributed by atoms with van der Waals surface area (Å²) in [5.41, 5.74) is 0.511. The number of aromatic amines is 1. The molecule has 104 valence electrons. The van der Waals surface area contributed by atoms with Gasteiger partial charge in [0.2, 0.25) is 0 Å². The molecule has 1 aromatic carbocycles. The number of hydrogen-bond donors (Lipinski definition) is 1. The molecule has 1 N–H and O–H groups in total. The number of nitrogens with one attached hydrogen (secondary N) is 1. The van der Waals surface area contributed by atoms with Crippen molar-refractivity contribution in [1.82, 2.24) is 9.88 Å². The average Bonchev–Trinajstić information content (AvgIpc) is 2.82. The molecule has 1 saturated heterocycles. The van der Waals surface area contributed by atoms with Crippen LogP contribution in [0.5, 0.6) is 0 Å². The molecular formula is C15H14F2N2O. The lowest BCUT2D eigenvalue weighted by atomic mass is 9.60. The van der Waals surface area contributed by atoms with Gasteiger partial charge in [-0.1, -0.05) is 6.07 Å². The van der Waals surface area contributed by atoms with Gasteiger partial charge in [-0.3, -0.25) is 4.79 Å². The average molecular weight is 276 g/mol. The fourth-order valence-corrected chi connectivity index (χ4v) is 3.25. The van der Waals surface area contributed by atoms with Crippen LogP contribution in [0.2, 0.25) is 0 Å². The Labute approximate surface area is 114 Å². The molecule has 1 spiro atoms. The SMILES string of the molecule is O=C(c1ccc2cc[nH]c2c1)N1CC2(CCC2(F)F)C1. The summed E-state index contributed by atoms with van der Waals surface area (Å²) >= 11 is 0. The van der Waals surface area contributed by atoms with Gasteiger partial charge in [0, 0.05) is 36.8 Å². The zero-order chi connectivity index (χ0) is 14.0. The second kappa shape index (κ2) is 3.59. The van der Waals surface area contributed by atoms with Crippen molar-refractivity contribution < 1.29 is 13.6 Å². The molecular weight excluding hydrogens is 262 g/mol. The molecule has 2 heterocycles. The Kier molecular flexibility index (Phi) is 2.13. The van der Waals surface area contributed by atoms with E-state index in [0.717, 1.165) is 10.9 Å². The number of carbonyl (C=O) groups is 1. The van der Waals surface area contributed by atoms with Crippen LogP contribution in [0.1, 0.15) is 23.2 Å². The normalized spacial score (nSPS) is 22.6. The zero-order valence-corrected chi connectivity index (χ0v) is 10.8. The summed E-state index contributed by atoms with van der Waals surface area (Å²) in [5, 5.41) is 1.03. The van der Waals surface area contributed by atoms with Gasteiger partial charge in [0.15, 0.2) is 0 Å². The molecule has 20 heavy (non-hydrogen) atoms. The van der Waals surface area contributed by atoms with E-state index in [2.05, 4.69) is 4.98 Å². The number of halogens is 2. The van der Waals surface area contributed by atoms with Crippen LogP contribution in [-0.2, 0) is 0 Å². The molecule has 1 amide bonds. The van der Waals surface area contributed by atoms with E-state index in [-0.39, 0.29) is 25.4 Å². The number of nitrogens with zero attached hydrogens (tertiary/aromatic N) is 1. The molecule has 1 saturated carbocycles. The lowest BCUT2D eigenvalue weighted by molar-refractivity contribution is -0.248. The van der Waals surface area contributed by atoms with Crippen molar-refractivity contribution in [1.29, 1.82) is 0 Å². The molecule has 5 heteroatoms. The van der Waals surface area contributed by atoms with Gasteiger partial charge in [0.05, 0.1) is 5.41 Å². The van der Waals surface area contributed by atoms with Gasteiger partial charge in [-0.15, -0.1) is 0 Å². The minimum absolute atomic E-state index is 0.0382. The van der Waals surface area contributed by atoms with Crippen molar-refractivity contribution >= 4 is 16.8 Å². The third-order valence-electron chi connectivity index (χ3n) is 4.77. The molecule has 1 aliphatic carbocycles. The van der Waals surface area contributed by atoms with Gasteiger partial charge in [0.1, 0.15) is 0 Å². The minimum atomic E-state index is -2.59. The number of likely N-dealkylation sites (tertiary alicyclic amines) is 1. The number of H-pyrrole nitrogens is 1. The summed E-state index contributed by atoms with van der Waals surface area (Å²) in [4.78, 5) is 16.9. The highest BCUT2D eigenvalue weighted by atomic mass is 19.3. The smallest absolute Gasteiger partial charge is 0.257 e. The summed E-state index contributed by atoms with van der Waals surface area (Å²) in [7, 11) is 0. The van der Waals surface area contributed by atoms with Crippen LogP contribution in [0.4, 0.5) is 8.78 Å². The van der Waals surface area contributed by atoms with E-state index in [1.807, 2.05) is 18.3 Å². The molecule has 3 nitrogen and oxygen atoms in total. The number of carbonyl (C=O) groups excluding carboxylic acids is 1. The largest absolute Gasteiger partial charge is 0.361 e. The maximum Gasteiger partial charge on any atom is 0.257 e. The summed E-state index contributed by atoms with van der Waals surface area (Å²) in [6.45, 7) is 0.364. The fourth-order valence-electron chi connectivity index (χ4n) is 3.25. The first-order valence-electron chi connectivity index (χ1n) is 6.75. The molecule has 1 aromatic heterocycles. The van der Waals surface area contributed by atoms with Crippen LogP contribution >= 0.6 is 0 Å². The molecule has 0 atom stereocenters. The number of alkyl halides is 2. The first kappa shape index (κ1) is 11.9. The van der Waals surface area contributed by atoms with Gasteiger partial charge < -0.3 is 9.88 Å². The molecule has 0 unspecified atom stereocenters. The van der Waals surface area contributed by atoms with E-state index in [1.54, 1.807) is 12.1 Å². The first-order chi connectivity index (χ1) is 9.51. The van der Waals surface area contributed by atoms with E-state index < -0.39 is 11.3 Å². The van der Waals surface area contributed by atoms with Crippen molar-refractivity contribution in [2.75, 3.05) is 13.1 Å². The van der Waals surface area contributed by atoms with Crippen molar-refractivity contribution in [3.63, 3.8) is 0 Å². The van der Waals surface area contributed by atoms with E-state index in [9.17, 15) is 13.6 Å². The van der Waals surface area contributed by atoms with Crippen LogP contribution in [-0.4, -0.2) is 34.8 Å². The summed E-state index contributed by atoms with van der Waals surface area (Å²) in [6.07, 6.45) is 2.30. The van der Waals surface area contributed by atoms with Gasteiger partial charge >= 0.3 is 0 Å². The summed E-state index contributed by atoms with van der Waals surface area (Å²) in [6, 6.07) is 7.33. The topological polar surface area (TPSA) is 36.1 Å². The van der Waals surface area contributed by atoms with Gasteiger partial charge in [-0.05, 0) is 30.0 Å². The monoisotopic (exact) mass is 276 g/mol. The number of aromatic nitrogens is 1. The highest BCUT2D eigenvalue weighted by Gasteiger charge is 2.67. The Bertz CT molecular complexity index is 701. The number of amides is 1. The van der Waals surface area contributed by atoms with E-state index >= 15 is 0 Å². The minimum Gasteiger partial charge on any atom is -0.361 e. The van der Waals surface area contributed by atoms with Crippen molar-refractivity contribution in [3.05, 3.63) is 36.0 Å². The molecule has 2 fully saturated rings. The van der Waals surface area contributed by atoms with Crippen LogP contribution in [0.15, 0.2) is 30.5 Å². The van der Waals surface area contributed by atoms with E-state index in [0.29, 0.717) is 12.0 Å². The predicted octanol–water partition coefficient (Wildman–Crippen LogP) is 3.04. The van der Waals surface area contributed by atoms with Crippen molar-refractivity contribution in [2.45, 2.75) is 18.8 Å². The Morgan fingerprint density at radius 3 is 2.65 bits per heavy atom. The second-order valence-corrected chi connectivity index (χ2v) is 5.93. The summed E-state index contributed by atoms with van der Waals surface area (Å²) in [5.74, 6) is -2.75. The van der Waals surface area contributed by atoms with Crippen LogP contribution in [0, 0.1) is 5.41 Å². The molecule has 2 aromatic rings. The standard InChI is InChI=1S/C15H14F2N2O/c16-15(17)5-4-14(15)8-19(9-14)13(20)11-2-1-10-3-6-18-12(10)7-11/h1-3,6-7,18H,4-5,8-9H2. The fraction of sp³-hybridized carbons (Fsp3) is 0.400. The molecule has 2 aliphatic rings. The van der Waals surface area contributed by atoms with Gasteiger partial charge in [0.25, 0.3) is 11.8 Å². The van der Waals surface area contributed by atoms with Crippen LogP contribution in [0.3, 0.4) is 0 Å². The van der Waals surface area contributed by atoms with E-state index in [1.165, 1.54) is 4.90 Å². The highest BCUT2D eigenvalue weighted by molar-refractivity contribution is 5.98. The lowest BCUT2D eigenvalue weighted by Gasteiger charge is -2.59. The molecule has 4 rings (SSSR count). The quantitative estimate of drug-likeness (QED) is 0.854. The maximum absolute atomic E-state index is 13.5. The number of rotatable bonds is 1. The third-order valence-corrected chi connectivity index (χ3v) is 4.77. The molecule has 0 radical (unpaired) electrons. The maximum atomic E-state index is 13.5. The predicted molar refractivity (Wildman–Crippen MR) is 70.8 cm³/mol. The van der Waals surface area contributed by atoms with Gasteiger partial charge in [-0.2, -0.15) is 0 Å². The Morgan fingerprint density at radius 2 is 2.00 bits per heavy atom. The third kappa shape index (κ3) is 1.40.